The fourth-order valence-corrected chi connectivity index (χ4v) is 1.70. The molecule has 0 bridgehead atoms. The third kappa shape index (κ3) is 3.73. The smallest absolute Gasteiger partial charge is 0.193 e. The van der Waals surface area contributed by atoms with Crippen LogP contribution in [0.15, 0.2) is 28.0 Å². The summed E-state index contributed by atoms with van der Waals surface area (Å²) in [6, 6.07) is 0. The monoisotopic (exact) mass is 235 g/mol. The molecule has 2 N–H and O–H groups in total. The van der Waals surface area contributed by atoms with E-state index in [2.05, 4.69) is 11.9 Å². The lowest BCUT2D eigenvalue weighted by molar-refractivity contribution is -0.112. The van der Waals surface area contributed by atoms with Crippen LogP contribution in [-0.2, 0) is 4.79 Å². The summed E-state index contributed by atoms with van der Waals surface area (Å²) in [5.74, 6) is 0.0160. The second-order valence-electron chi connectivity index (χ2n) is 4.42. The van der Waals surface area contributed by atoms with E-state index in [1.165, 1.54) is 0 Å². The predicted molar refractivity (Wildman–Crippen MR) is 70.9 cm³/mol. The Hall–Kier alpha value is -1.58. The number of carbonyl (C=O) groups is 1. The van der Waals surface area contributed by atoms with E-state index in [9.17, 15) is 4.79 Å². The number of rotatable bonds is 4. The molecule has 0 aromatic heterocycles. The first-order valence-electron chi connectivity index (χ1n) is 5.96. The SMILES string of the molecule is CCCN=CC1=C(N)CC/C(=C/N(C)C)C1=O. The number of allylic oxidation sites excluding steroid dienone is 3. The average Bonchev–Trinajstić information content (AvgIpc) is 2.27. The topological polar surface area (TPSA) is 58.7 Å². The number of Topliss-reactive ketones (excluding diaryl/α,β-unsaturated/α-hetero) is 1. The van der Waals surface area contributed by atoms with Crippen LogP contribution in [0.3, 0.4) is 0 Å². The predicted octanol–water partition coefficient (Wildman–Crippen LogP) is 1.49. The quantitative estimate of drug-likeness (QED) is 0.593. The lowest BCUT2D eigenvalue weighted by atomic mass is 9.91. The molecule has 0 aliphatic heterocycles. The van der Waals surface area contributed by atoms with Gasteiger partial charge in [-0.15, -0.1) is 0 Å². The molecule has 0 spiro atoms. The van der Waals surface area contributed by atoms with Gasteiger partial charge in [-0.1, -0.05) is 6.92 Å². The summed E-state index contributed by atoms with van der Waals surface area (Å²) < 4.78 is 0. The molecule has 94 valence electrons. The van der Waals surface area contributed by atoms with E-state index in [4.69, 9.17) is 5.73 Å². The van der Waals surface area contributed by atoms with Gasteiger partial charge in [0.25, 0.3) is 0 Å². The molecule has 0 radical (unpaired) electrons. The number of hydrogen-bond donors (Lipinski definition) is 1. The van der Waals surface area contributed by atoms with Crippen LogP contribution >= 0.6 is 0 Å². The number of nitrogens with zero attached hydrogens (tertiary/aromatic N) is 2. The minimum absolute atomic E-state index is 0.0160. The summed E-state index contributed by atoms with van der Waals surface area (Å²) in [7, 11) is 3.82. The molecular formula is C13H21N3O. The molecule has 1 rings (SSSR count). The van der Waals surface area contributed by atoms with Crippen molar-refractivity contribution in [2.75, 3.05) is 20.6 Å². The molecule has 0 unspecified atom stereocenters. The largest absolute Gasteiger partial charge is 0.401 e. The Bertz CT molecular complexity index is 378. The number of aliphatic imine (C=N–C) groups is 1. The lowest BCUT2D eigenvalue weighted by Crippen LogP contribution is -2.21. The molecule has 0 amide bonds. The van der Waals surface area contributed by atoms with E-state index in [0.717, 1.165) is 25.0 Å². The Balaban J connectivity index is 2.90. The van der Waals surface area contributed by atoms with Crippen LogP contribution < -0.4 is 5.73 Å². The normalized spacial score (nSPS) is 19.5. The Morgan fingerprint density at radius 1 is 1.41 bits per heavy atom. The highest BCUT2D eigenvalue weighted by Gasteiger charge is 2.22. The highest BCUT2D eigenvalue weighted by molar-refractivity contribution is 6.22. The number of ketones is 1. The van der Waals surface area contributed by atoms with Crippen LogP contribution in [0, 0.1) is 0 Å². The van der Waals surface area contributed by atoms with Gasteiger partial charge in [0.15, 0.2) is 5.78 Å². The maximum atomic E-state index is 12.1. The molecule has 0 saturated heterocycles. The van der Waals surface area contributed by atoms with Gasteiger partial charge < -0.3 is 10.6 Å². The van der Waals surface area contributed by atoms with Gasteiger partial charge in [-0.05, 0) is 19.3 Å². The van der Waals surface area contributed by atoms with Crippen LogP contribution in [0.5, 0.6) is 0 Å². The first-order valence-corrected chi connectivity index (χ1v) is 5.96. The molecule has 0 aromatic rings. The van der Waals surface area contributed by atoms with Crippen molar-refractivity contribution in [2.24, 2.45) is 10.7 Å². The fourth-order valence-electron chi connectivity index (χ4n) is 1.70. The molecule has 0 saturated carbocycles. The van der Waals surface area contributed by atoms with Gasteiger partial charge in [0.2, 0.25) is 0 Å². The average molecular weight is 235 g/mol. The second kappa shape index (κ2) is 6.23. The van der Waals surface area contributed by atoms with Gasteiger partial charge in [-0.25, -0.2) is 0 Å². The van der Waals surface area contributed by atoms with E-state index in [0.29, 0.717) is 17.7 Å². The van der Waals surface area contributed by atoms with Crippen LogP contribution in [0.25, 0.3) is 0 Å². The van der Waals surface area contributed by atoms with E-state index < -0.39 is 0 Å². The van der Waals surface area contributed by atoms with Gasteiger partial charge in [0.1, 0.15) is 0 Å². The molecule has 4 heteroatoms. The van der Waals surface area contributed by atoms with E-state index in [-0.39, 0.29) is 5.78 Å². The molecule has 1 aliphatic carbocycles. The Morgan fingerprint density at radius 2 is 2.12 bits per heavy atom. The Morgan fingerprint density at radius 3 is 2.71 bits per heavy atom. The van der Waals surface area contributed by atoms with Crippen molar-refractivity contribution >= 4 is 12.0 Å². The number of hydrogen-bond acceptors (Lipinski definition) is 4. The summed E-state index contributed by atoms with van der Waals surface area (Å²) in [5.41, 5.74) is 7.90. The zero-order chi connectivity index (χ0) is 12.8. The van der Waals surface area contributed by atoms with Gasteiger partial charge in [0, 0.05) is 44.3 Å². The van der Waals surface area contributed by atoms with Gasteiger partial charge in [-0.2, -0.15) is 0 Å². The van der Waals surface area contributed by atoms with E-state index in [1.807, 2.05) is 25.2 Å². The Kier molecular flexibility index (Phi) is 4.94. The van der Waals surface area contributed by atoms with Gasteiger partial charge in [0.05, 0.1) is 5.57 Å². The molecule has 4 nitrogen and oxygen atoms in total. The molecule has 17 heavy (non-hydrogen) atoms. The van der Waals surface area contributed by atoms with Crippen LogP contribution in [0.4, 0.5) is 0 Å². The van der Waals surface area contributed by atoms with E-state index in [1.54, 1.807) is 6.21 Å². The van der Waals surface area contributed by atoms with Crippen molar-refractivity contribution in [3.05, 3.63) is 23.0 Å². The number of carbonyl (C=O) groups excluding carboxylic acids is 1. The first kappa shape index (κ1) is 13.5. The Labute approximate surface area is 103 Å². The second-order valence-corrected chi connectivity index (χ2v) is 4.42. The summed E-state index contributed by atoms with van der Waals surface area (Å²) in [6.45, 7) is 2.78. The summed E-state index contributed by atoms with van der Waals surface area (Å²) in [5, 5.41) is 0. The van der Waals surface area contributed by atoms with Crippen molar-refractivity contribution in [3.8, 4) is 0 Å². The first-order chi connectivity index (χ1) is 8.06. The third-order valence-corrected chi connectivity index (χ3v) is 2.53. The molecular weight excluding hydrogens is 214 g/mol. The van der Waals surface area contributed by atoms with Crippen molar-refractivity contribution in [1.29, 1.82) is 0 Å². The zero-order valence-corrected chi connectivity index (χ0v) is 10.9. The zero-order valence-electron chi connectivity index (χ0n) is 10.9. The molecule has 1 aliphatic rings. The highest BCUT2D eigenvalue weighted by Crippen LogP contribution is 2.22. The maximum absolute atomic E-state index is 12.1. The summed E-state index contributed by atoms with van der Waals surface area (Å²) >= 11 is 0. The van der Waals surface area contributed by atoms with Crippen LogP contribution in [0.2, 0.25) is 0 Å². The van der Waals surface area contributed by atoms with Gasteiger partial charge in [-0.3, -0.25) is 9.79 Å². The molecule has 0 atom stereocenters. The lowest BCUT2D eigenvalue weighted by Gasteiger charge is -2.18. The molecule has 0 aromatic carbocycles. The molecule has 0 fully saturated rings. The van der Waals surface area contributed by atoms with Crippen molar-refractivity contribution in [1.82, 2.24) is 4.90 Å². The van der Waals surface area contributed by atoms with Crippen LogP contribution in [-0.4, -0.2) is 37.5 Å². The van der Waals surface area contributed by atoms with E-state index >= 15 is 0 Å². The maximum Gasteiger partial charge on any atom is 0.193 e. The summed E-state index contributed by atoms with van der Waals surface area (Å²) in [4.78, 5) is 18.2. The fraction of sp³-hybridized carbons (Fsp3) is 0.538. The number of nitrogens with two attached hydrogens (primary N) is 1. The van der Waals surface area contributed by atoms with Crippen molar-refractivity contribution < 1.29 is 4.79 Å². The highest BCUT2D eigenvalue weighted by atomic mass is 16.1. The minimum Gasteiger partial charge on any atom is -0.401 e. The van der Waals surface area contributed by atoms with Crippen molar-refractivity contribution in [2.45, 2.75) is 26.2 Å². The third-order valence-electron chi connectivity index (χ3n) is 2.53. The van der Waals surface area contributed by atoms with Crippen LogP contribution in [0.1, 0.15) is 26.2 Å². The summed E-state index contributed by atoms with van der Waals surface area (Å²) in [6.07, 6.45) is 5.91. The minimum atomic E-state index is 0.0160. The standard InChI is InChI=1S/C13H21N3O/c1-4-7-15-8-11-12(14)6-5-10(13(11)17)9-16(2)3/h8-9H,4-7,14H2,1-3H3/b10-9-,15-8?. The molecule has 0 heterocycles. The van der Waals surface area contributed by atoms with Gasteiger partial charge >= 0.3 is 0 Å². The van der Waals surface area contributed by atoms with Crippen molar-refractivity contribution in [3.63, 3.8) is 0 Å².